The molecule has 3 rings (SSSR count). The first-order chi connectivity index (χ1) is 18.3. The second-order valence-corrected chi connectivity index (χ2v) is 11.2. The predicted octanol–water partition coefficient (Wildman–Crippen LogP) is 10.1. The minimum absolute atomic E-state index is 0.0745. The van der Waals surface area contributed by atoms with Gasteiger partial charge in [-0.15, -0.1) is 0 Å². The first-order valence-corrected chi connectivity index (χ1v) is 15.4. The van der Waals surface area contributed by atoms with Gasteiger partial charge in [0.15, 0.2) is 5.82 Å². The van der Waals surface area contributed by atoms with Gasteiger partial charge in [-0.1, -0.05) is 140 Å². The molecule has 37 heavy (non-hydrogen) atoms. The summed E-state index contributed by atoms with van der Waals surface area (Å²) in [6.07, 6.45) is 24.7. The first-order valence-electron chi connectivity index (χ1n) is 15.4. The summed E-state index contributed by atoms with van der Waals surface area (Å²) in [5.41, 5.74) is 1.96. The minimum Gasteiger partial charge on any atom is -0.474 e. The smallest absolute Gasteiger partial charge is 0.220 e. The van der Waals surface area contributed by atoms with E-state index in [4.69, 9.17) is 9.72 Å². The molecule has 0 radical (unpaired) electrons. The van der Waals surface area contributed by atoms with Crippen LogP contribution < -0.4 is 4.74 Å². The van der Waals surface area contributed by atoms with Crippen LogP contribution in [0.25, 0.3) is 11.4 Å². The molecule has 1 fully saturated rings. The SMILES string of the molecule is CCCCCCC(F)COc1nc(-c2ccccc2)ncc1CCCCCCCCCCC1CCCC1. The van der Waals surface area contributed by atoms with E-state index in [1.165, 1.54) is 89.9 Å². The first kappa shape index (κ1) is 29.6. The number of hydrogen-bond donors (Lipinski definition) is 0. The number of halogens is 1. The molecule has 0 spiro atoms. The minimum atomic E-state index is -0.946. The lowest BCUT2D eigenvalue weighted by Gasteiger charge is -2.14. The molecule has 1 aromatic carbocycles. The number of rotatable bonds is 20. The zero-order valence-electron chi connectivity index (χ0n) is 23.4. The van der Waals surface area contributed by atoms with E-state index in [0.717, 1.165) is 42.7 Å². The van der Waals surface area contributed by atoms with E-state index >= 15 is 0 Å². The number of aryl methyl sites for hydroxylation is 1. The molecular weight excluding hydrogens is 459 g/mol. The van der Waals surface area contributed by atoms with Crippen molar-refractivity contribution in [3.63, 3.8) is 0 Å². The second kappa shape index (κ2) is 18.3. The van der Waals surface area contributed by atoms with Gasteiger partial charge in [0, 0.05) is 17.3 Å². The van der Waals surface area contributed by atoms with Gasteiger partial charge in [0.25, 0.3) is 0 Å². The summed E-state index contributed by atoms with van der Waals surface area (Å²) in [7, 11) is 0. The van der Waals surface area contributed by atoms with Crippen molar-refractivity contribution in [3.8, 4) is 17.3 Å². The van der Waals surface area contributed by atoms with Gasteiger partial charge < -0.3 is 4.74 Å². The Balaban J connectivity index is 1.38. The van der Waals surface area contributed by atoms with Crippen molar-refractivity contribution < 1.29 is 9.13 Å². The Bertz CT molecular complexity index is 837. The zero-order chi connectivity index (χ0) is 26.0. The molecule has 1 atom stereocenters. The lowest BCUT2D eigenvalue weighted by molar-refractivity contribution is 0.177. The number of unbranched alkanes of at least 4 members (excludes halogenated alkanes) is 10. The molecule has 1 unspecified atom stereocenters. The molecule has 1 aliphatic rings. The Morgan fingerprint density at radius 3 is 2.27 bits per heavy atom. The normalized spacial score (nSPS) is 14.8. The fourth-order valence-corrected chi connectivity index (χ4v) is 5.57. The second-order valence-electron chi connectivity index (χ2n) is 11.2. The quantitative estimate of drug-likeness (QED) is 0.166. The summed E-state index contributed by atoms with van der Waals surface area (Å²) < 4.78 is 20.4. The standard InChI is InChI=1S/C33H51FN2O/c1-2-3-4-16-25-31(34)27-37-33-30(26-35-32(36-33)29-22-14-11-15-23-29)24-13-10-8-6-5-7-9-12-19-28-20-17-18-21-28/h11,14-15,22-23,26,28,31H,2-10,12-13,16-21,24-25,27H2,1H3. The fraction of sp³-hybridized carbons (Fsp3) is 0.697. The number of aromatic nitrogens is 2. The number of alkyl halides is 1. The lowest BCUT2D eigenvalue weighted by Crippen LogP contribution is -2.15. The van der Waals surface area contributed by atoms with Gasteiger partial charge >= 0.3 is 0 Å². The van der Waals surface area contributed by atoms with E-state index in [-0.39, 0.29) is 6.61 Å². The van der Waals surface area contributed by atoms with Gasteiger partial charge in [-0.2, -0.15) is 4.98 Å². The zero-order valence-corrected chi connectivity index (χ0v) is 23.4. The number of nitrogens with zero attached hydrogens (tertiary/aromatic N) is 2. The van der Waals surface area contributed by atoms with Crippen LogP contribution in [0, 0.1) is 5.92 Å². The van der Waals surface area contributed by atoms with Crippen molar-refractivity contribution in [1.82, 2.24) is 9.97 Å². The Labute approximate surface area is 226 Å². The maximum Gasteiger partial charge on any atom is 0.220 e. The third kappa shape index (κ3) is 12.0. The highest BCUT2D eigenvalue weighted by Gasteiger charge is 2.15. The molecule has 1 heterocycles. The van der Waals surface area contributed by atoms with Crippen molar-refractivity contribution in [2.45, 2.75) is 135 Å². The number of hydrogen-bond acceptors (Lipinski definition) is 3. The summed E-state index contributed by atoms with van der Waals surface area (Å²) in [6.45, 7) is 2.25. The topological polar surface area (TPSA) is 35.0 Å². The number of benzene rings is 1. The monoisotopic (exact) mass is 510 g/mol. The molecular formula is C33H51FN2O. The van der Waals surface area contributed by atoms with Crippen molar-refractivity contribution in [2.75, 3.05) is 6.61 Å². The molecule has 0 N–H and O–H groups in total. The van der Waals surface area contributed by atoms with Crippen LogP contribution in [-0.4, -0.2) is 22.7 Å². The summed E-state index contributed by atoms with van der Waals surface area (Å²) in [6, 6.07) is 9.95. The van der Waals surface area contributed by atoms with Gasteiger partial charge in [0.2, 0.25) is 5.88 Å². The molecule has 4 heteroatoms. The summed E-state index contributed by atoms with van der Waals surface area (Å²) in [5.74, 6) is 2.25. The highest BCUT2D eigenvalue weighted by atomic mass is 19.1. The van der Waals surface area contributed by atoms with Gasteiger partial charge in [0.05, 0.1) is 0 Å². The van der Waals surface area contributed by atoms with Crippen molar-refractivity contribution >= 4 is 0 Å². The van der Waals surface area contributed by atoms with Crippen molar-refractivity contribution in [3.05, 3.63) is 42.1 Å². The molecule has 0 aliphatic heterocycles. The van der Waals surface area contributed by atoms with Crippen LogP contribution in [0.5, 0.6) is 5.88 Å². The molecule has 206 valence electrons. The average molecular weight is 511 g/mol. The van der Waals surface area contributed by atoms with Crippen LogP contribution in [0.2, 0.25) is 0 Å². The summed E-state index contributed by atoms with van der Waals surface area (Å²) in [5, 5.41) is 0. The maximum atomic E-state index is 14.5. The number of ether oxygens (including phenoxy) is 1. The van der Waals surface area contributed by atoms with Gasteiger partial charge in [-0.3, -0.25) is 0 Å². The third-order valence-corrected chi connectivity index (χ3v) is 7.91. The lowest BCUT2D eigenvalue weighted by atomic mass is 9.99. The molecule has 1 aromatic heterocycles. The highest BCUT2D eigenvalue weighted by Crippen LogP contribution is 2.29. The van der Waals surface area contributed by atoms with Crippen LogP contribution in [-0.2, 0) is 6.42 Å². The maximum absolute atomic E-state index is 14.5. The highest BCUT2D eigenvalue weighted by molar-refractivity contribution is 5.55. The third-order valence-electron chi connectivity index (χ3n) is 7.91. The van der Waals surface area contributed by atoms with Crippen molar-refractivity contribution in [2.24, 2.45) is 5.92 Å². The van der Waals surface area contributed by atoms with Gasteiger partial charge in [-0.05, 0) is 25.2 Å². The largest absolute Gasteiger partial charge is 0.474 e. The molecule has 3 nitrogen and oxygen atoms in total. The molecule has 2 aromatic rings. The Morgan fingerprint density at radius 2 is 1.54 bits per heavy atom. The molecule has 1 saturated carbocycles. The van der Waals surface area contributed by atoms with E-state index in [2.05, 4.69) is 11.9 Å². The Kier molecular flexibility index (Phi) is 14.6. The Morgan fingerprint density at radius 1 is 0.865 bits per heavy atom. The molecule has 0 bridgehead atoms. The van der Waals surface area contributed by atoms with E-state index in [0.29, 0.717) is 18.1 Å². The van der Waals surface area contributed by atoms with E-state index in [9.17, 15) is 4.39 Å². The molecule has 1 aliphatic carbocycles. The molecule has 0 amide bonds. The van der Waals surface area contributed by atoms with Crippen molar-refractivity contribution in [1.29, 1.82) is 0 Å². The van der Waals surface area contributed by atoms with Gasteiger partial charge in [0.1, 0.15) is 12.8 Å². The van der Waals surface area contributed by atoms with Crippen LogP contribution in [0.4, 0.5) is 4.39 Å². The Hall–Kier alpha value is -1.97. The van der Waals surface area contributed by atoms with E-state index < -0.39 is 6.17 Å². The predicted molar refractivity (Wildman–Crippen MR) is 154 cm³/mol. The summed E-state index contributed by atoms with van der Waals surface area (Å²) in [4.78, 5) is 9.32. The fourth-order valence-electron chi connectivity index (χ4n) is 5.57. The van der Waals surface area contributed by atoms with Crippen LogP contribution >= 0.6 is 0 Å². The van der Waals surface area contributed by atoms with Crippen LogP contribution in [0.15, 0.2) is 36.5 Å². The van der Waals surface area contributed by atoms with Gasteiger partial charge in [-0.25, -0.2) is 9.37 Å². The molecule has 0 saturated heterocycles. The average Bonchev–Trinajstić information content (AvgIpc) is 3.45. The van der Waals surface area contributed by atoms with E-state index in [1.54, 1.807) is 0 Å². The van der Waals surface area contributed by atoms with Crippen LogP contribution in [0.1, 0.15) is 128 Å². The van der Waals surface area contributed by atoms with E-state index in [1.807, 2.05) is 36.5 Å². The van der Waals surface area contributed by atoms with Crippen LogP contribution in [0.3, 0.4) is 0 Å². The summed E-state index contributed by atoms with van der Waals surface area (Å²) >= 11 is 0.